The first kappa shape index (κ1) is 16.0. The molecule has 1 aliphatic rings. The maximum atomic E-state index is 13.0. The standard InChI is InChI=1S/C15H17ClF2O3/c1-4-20-13(19)14(2,3)21-12-6-5-9(7-11(12)16)10-8-15(10,17)18/h5-7,10H,4,8H2,1-3H3. The zero-order valence-electron chi connectivity index (χ0n) is 12.1. The topological polar surface area (TPSA) is 35.5 Å². The molecule has 0 heterocycles. The largest absolute Gasteiger partial charge is 0.475 e. The summed E-state index contributed by atoms with van der Waals surface area (Å²) in [5.41, 5.74) is -0.726. The van der Waals surface area contributed by atoms with Gasteiger partial charge >= 0.3 is 5.97 Å². The molecule has 0 N–H and O–H groups in total. The molecule has 1 aromatic rings. The lowest BCUT2D eigenvalue weighted by atomic mass is 10.1. The van der Waals surface area contributed by atoms with Crippen molar-refractivity contribution in [2.75, 3.05) is 6.61 Å². The van der Waals surface area contributed by atoms with Gasteiger partial charge in [-0.3, -0.25) is 0 Å². The normalized spacial score (nSPS) is 20.0. The van der Waals surface area contributed by atoms with E-state index in [1.807, 2.05) is 0 Å². The van der Waals surface area contributed by atoms with E-state index in [1.165, 1.54) is 12.1 Å². The Kier molecular flexibility index (Phi) is 4.15. The second-order valence-corrected chi connectivity index (χ2v) is 5.95. The number of benzene rings is 1. The van der Waals surface area contributed by atoms with Gasteiger partial charge in [-0.2, -0.15) is 0 Å². The van der Waals surface area contributed by atoms with Gasteiger partial charge < -0.3 is 9.47 Å². The average molecular weight is 319 g/mol. The fraction of sp³-hybridized carbons (Fsp3) is 0.533. The van der Waals surface area contributed by atoms with Crippen molar-refractivity contribution in [1.82, 2.24) is 0 Å². The summed E-state index contributed by atoms with van der Waals surface area (Å²) in [7, 11) is 0. The Morgan fingerprint density at radius 3 is 2.57 bits per heavy atom. The molecule has 6 heteroatoms. The van der Waals surface area contributed by atoms with Crippen molar-refractivity contribution in [3.8, 4) is 5.75 Å². The first-order valence-electron chi connectivity index (χ1n) is 6.71. The minimum atomic E-state index is -2.64. The Balaban J connectivity index is 2.13. The van der Waals surface area contributed by atoms with Crippen molar-refractivity contribution >= 4 is 17.6 Å². The van der Waals surface area contributed by atoms with Gasteiger partial charge in [0.25, 0.3) is 5.92 Å². The molecule has 2 rings (SSSR count). The predicted octanol–water partition coefficient (Wildman–Crippen LogP) is 4.18. The first-order chi connectivity index (χ1) is 9.67. The Morgan fingerprint density at radius 2 is 2.10 bits per heavy atom. The molecule has 116 valence electrons. The van der Waals surface area contributed by atoms with Crippen LogP contribution in [0.2, 0.25) is 5.02 Å². The van der Waals surface area contributed by atoms with E-state index in [1.54, 1.807) is 26.8 Å². The number of esters is 1. The second-order valence-electron chi connectivity index (χ2n) is 5.54. The van der Waals surface area contributed by atoms with Crippen molar-refractivity contribution in [3.63, 3.8) is 0 Å². The van der Waals surface area contributed by atoms with Crippen LogP contribution in [-0.4, -0.2) is 24.1 Å². The average Bonchev–Trinajstić information content (AvgIpc) is 3.01. The fourth-order valence-corrected chi connectivity index (χ4v) is 2.24. The first-order valence-corrected chi connectivity index (χ1v) is 7.08. The Labute approximate surface area is 127 Å². The molecule has 1 aromatic carbocycles. The van der Waals surface area contributed by atoms with Crippen LogP contribution in [-0.2, 0) is 9.53 Å². The van der Waals surface area contributed by atoms with E-state index in [0.717, 1.165) is 0 Å². The summed E-state index contributed by atoms with van der Waals surface area (Å²) in [5.74, 6) is -3.67. The highest BCUT2D eigenvalue weighted by Gasteiger charge is 2.57. The van der Waals surface area contributed by atoms with E-state index < -0.39 is 23.4 Å². The summed E-state index contributed by atoms with van der Waals surface area (Å²) in [5, 5.41) is 0.201. The molecule has 0 bridgehead atoms. The number of alkyl halides is 2. The smallest absolute Gasteiger partial charge is 0.349 e. The van der Waals surface area contributed by atoms with Crippen LogP contribution in [0.4, 0.5) is 8.78 Å². The number of ether oxygens (including phenoxy) is 2. The lowest BCUT2D eigenvalue weighted by molar-refractivity contribution is -0.158. The molecule has 21 heavy (non-hydrogen) atoms. The van der Waals surface area contributed by atoms with Crippen LogP contribution in [0.15, 0.2) is 18.2 Å². The summed E-state index contributed by atoms with van der Waals surface area (Å²) in [6.07, 6.45) is -0.155. The summed E-state index contributed by atoms with van der Waals surface area (Å²) >= 11 is 6.06. The summed E-state index contributed by atoms with van der Waals surface area (Å²) < 4.78 is 36.6. The van der Waals surface area contributed by atoms with E-state index in [9.17, 15) is 13.6 Å². The van der Waals surface area contributed by atoms with Gasteiger partial charge in [-0.1, -0.05) is 17.7 Å². The van der Waals surface area contributed by atoms with E-state index in [4.69, 9.17) is 21.1 Å². The Morgan fingerprint density at radius 1 is 1.48 bits per heavy atom. The van der Waals surface area contributed by atoms with Crippen LogP contribution in [0.3, 0.4) is 0 Å². The number of rotatable bonds is 5. The van der Waals surface area contributed by atoms with Crippen molar-refractivity contribution in [3.05, 3.63) is 28.8 Å². The molecule has 0 aliphatic heterocycles. The monoisotopic (exact) mass is 318 g/mol. The van der Waals surface area contributed by atoms with Gasteiger partial charge in [0, 0.05) is 6.42 Å². The summed E-state index contributed by atoms with van der Waals surface area (Å²) in [6, 6.07) is 4.52. The molecule has 0 aromatic heterocycles. The third-order valence-electron chi connectivity index (χ3n) is 3.32. The van der Waals surface area contributed by atoms with Gasteiger partial charge in [0.2, 0.25) is 0 Å². The lowest BCUT2D eigenvalue weighted by Gasteiger charge is -2.24. The molecule has 3 nitrogen and oxygen atoms in total. The van der Waals surface area contributed by atoms with Crippen molar-refractivity contribution in [2.24, 2.45) is 0 Å². The van der Waals surface area contributed by atoms with Crippen LogP contribution >= 0.6 is 11.6 Å². The molecule has 1 atom stereocenters. The van der Waals surface area contributed by atoms with Gasteiger partial charge in [0.1, 0.15) is 5.75 Å². The molecule has 1 aliphatic carbocycles. The zero-order valence-corrected chi connectivity index (χ0v) is 12.8. The number of halogens is 3. The zero-order chi connectivity index (χ0) is 15.8. The predicted molar refractivity (Wildman–Crippen MR) is 75.1 cm³/mol. The maximum Gasteiger partial charge on any atom is 0.349 e. The Hall–Kier alpha value is -1.36. The minimum Gasteiger partial charge on any atom is -0.475 e. The van der Waals surface area contributed by atoms with Crippen molar-refractivity contribution < 1.29 is 23.0 Å². The minimum absolute atomic E-state index is 0.155. The molecule has 0 radical (unpaired) electrons. The molecule has 0 amide bonds. The highest BCUT2D eigenvalue weighted by atomic mass is 35.5. The highest BCUT2D eigenvalue weighted by molar-refractivity contribution is 6.32. The van der Waals surface area contributed by atoms with Gasteiger partial charge in [-0.15, -0.1) is 0 Å². The van der Waals surface area contributed by atoms with Crippen molar-refractivity contribution in [1.29, 1.82) is 0 Å². The molecule has 0 spiro atoms. The molecule has 1 unspecified atom stereocenters. The van der Waals surface area contributed by atoms with Gasteiger partial charge in [0.05, 0.1) is 17.5 Å². The SMILES string of the molecule is CCOC(=O)C(C)(C)Oc1ccc(C2CC2(F)F)cc1Cl. The van der Waals surface area contributed by atoms with E-state index >= 15 is 0 Å². The molecule has 1 fully saturated rings. The van der Waals surface area contributed by atoms with Crippen LogP contribution in [0.1, 0.15) is 38.7 Å². The molecule has 1 saturated carbocycles. The number of carbonyl (C=O) groups excluding carboxylic acids is 1. The van der Waals surface area contributed by atoms with Crippen LogP contribution in [0.25, 0.3) is 0 Å². The van der Waals surface area contributed by atoms with Gasteiger partial charge in [-0.05, 0) is 38.5 Å². The van der Waals surface area contributed by atoms with Gasteiger partial charge in [-0.25, -0.2) is 13.6 Å². The van der Waals surface area contributed by atoms with E-state index in [0.29, 0.717) is 5.56 Å². The molecule has 0 saturated heterocycles. The van der Waals surface area contributed by atoms with E-state index in [2.05, 4.69) is 0 Å². The fourth-order valence-electron chi connectivity index (χ4n) is 2.01. The third-order valence-corrected chi connectivity index (χ3v) is 3.61. The van der Waals surface area contributed by atoms with Crippen LogP contribution < -0.4 is 4.74 Å². The van der Waals surface area contributed by atoms with Crippen LogP contribution in [0.5, 0.6) is 5.75 Å². The Bertz CT molecular complexity index is 558. The van der Waals surface area contributed by atoms with E-state index in [-0.39, 0.29) is 23.8 Å². The van der Waals surface area contributed by atoms with Crippen molar-refractivity contribution in [2.45, 2.75) is 44.6 Å². The third kappa shape index (κ3) is 3.46. The highest BCUT2D eigenvalue weighted by Crippen LogP contribution is 2.56. The van der Waals surface area contributed by atoms with Gasteiger partial charge in [0.15, 0.2) is 5.60 Å². The molecular weight excluding hydrogens is 302 g/mol. The second kappa shape index (κ2) is 5.44. The summed E-state index contributed by atoms with van der Waals surface area (Å²) in [6.45, 7) is 5.06. The number of hydrogen-bond acceptors (Lipinski definition) is 3. The lowest BCUT2D eigenvalue weighted by Crippen LogP contribution is -2.39. The summed E-state index contributed by atoms with van der Waals surface area (Å²) in [4.78, 5) is 11.8. The maximum absolute atomic E-state index is 13.0. The van der Waals surface area contributed by atoms with Crippen LogP contribution in [0, 0.1) is 0 Å². The number of carbonyl (C=O) groups is 1. The number of hydrogen-bond donors (Lipinski definition) is 0. The quantitative estimate of drug-likeness (QED) is 0.764. The molecular formula is C15H17ClF2O3.